The van der Waals surface area contributed by atoms with E-state index >= 15 is 0 Å². The van der Waals surface area contributed by atoms with Gasteiger partial charge in [0.1, 0.15) is 0 Å². The molecule has 0 saturated carbocycles. The Kier molecular flexibility index (Phi) is 6.17. The molecule has 2 amide bonds. The number of likely N-dealkylation sites (tertiary alicyclic amines) is 1. The van der Waals surface area contributed by atoms with Crippen LogP contribution in [0, 0.1) is 5.92 Å². The molecular formula is C19H23N3O2S. The summed E-state index contributed by atoms with van der Waals surface area (Å²) >= 11 is 1.42. The van der Waals surface area contributed by atoms with Crippen LogP contribution in [0.4, 0.5) is 5.13 Å². The average molecular weight is 357 g/mol. The molecule has 3 rings (SSSR count). The number of nitrogens with one attached hydrogen (secondary N) is 1. The summed E-state index contributed by atoms with van der Waals surface area (Å²) in [6, 6.07) is 10.2. The van der Waals surface area contributed by atoms with Crippen molar-refractivity contribution >= 4 is 28.3 Å². The molecule has 0 aliphatic carbocycles. The van der Waals surface area contributed by atoms with Gasteiger partial charge in [-0.3, -0.25) is 9.59 Å². The van der Waals surface area contributed by atoms with Crippen molar-refractivity contribution < 1.29 is 9.59 Å². The molecule has 5 nitrogen and oxygen atoms in total. The van der Waals surface area contributed by atoms with Crippen LogP contribution in [0.25, 0.3) is 0 Å². The van der Waals surface area contributed by atoms with Crippen molar-refractivity contribution in [1.29, 1.82) is 0 Å². The van der Waals surface area contributed by atoms with E-state index in [2.05, 4.69) is 22.4 Å². The topological polar surface area (TPSA) is 62.3 Å². The molecule has 6 heteroatoms. The van der Waals surface area contributed by atoms with Crippen LogP contribution in [0.3, 0.4) is 0 Å². The number of carbonyl (C=O) groups is 2. The van der Waals surface area contributed by atoms with Gasteiger partial charge in [-0.15, -0.1) is 11.3 Å². The van der Waals surface area contributed by atoms with Crippen LogP contribution in [0.1, 0.15) is 31.2 Å². The van der Waals surface area contributed by atoms with Crippen LogP contribution >= 0.6 is 11.3 Å². The van der Waals surface area contributed by atoms with Crippen molar-refractivity contribution in [3.05, 3.63) is 47.5 Å². The third-order valence-electron chi connectivity index (χ3n) is 4.58. The van der Waals surface area contributed by atoms with E-state index in [-0.39, 0.29) is 17.7 Å². The quantitative estimate of drug-likeness (QED) is 0.862. The number of thiazole rings is 1. The fourth-order valence-electron chi connectivity index (χ4n) is 3.13. The van der Waals surface area contributed by atoms with Crippen LogP contribution in [-0.4, -0.2) is 34.8 Å². The van der Waals surface area contributed by atoms with Gasteiger partial charge in [0.15, 0.2) is 5.13 Å². The van der Waals surface area contributed by atoms with Crippen molar-refractivity contribution in [2.75, 3.05) is 18.4 Å². The maximum absolute atomic E-state index is 12.3. The van der Waals surface area contributed by atoms with E-state index in [4.69, 9.17) is 0 Å². The summed E-state index contributed by atoms with van der Waals surface area (Å²) in [5, 5.41) is 5.34. The summed E-state index contributed by atoms with van der Waals surface area (Å²) in [6.45, 7) is 1.33. The van der Waals surface area contributed by atoms with Crippen molar-refractivity contribution in [1.82, 2.24) is 9.88 Å². The second kappa shape index (κ2) is 8.76. The van der Waals surface area contributed by atoms with Crippen molar-refractivity contribution in [2.45, 2.75) is 32.1 Å². The number of rotatable bonds is 6. The highest BCUT2D eigenvalue weighted by Gasteiger charge is 2.27. The van der Waals surface area contributed by atoms with E-state index in [0.29, 0.717) is 24.6 Å². The number of aryl methyl sites for hydroxylation is 1. The molecule has 2 heterocycles. The minimum Gasteiger partial charge on any atom is -0.343 e. The highest BCUT2D eigenvalue weighted by molar-refractivity contribution is 7.13. The van der Waals surface area contributed by atoms with Crippen molar-refractivity contribution in [3.8, 4) is 0 Å². The molecule has 1 N–H and O–H groups in total. The zero-order valence-electron chi connectivity index (χ0n) is 14.2. The normalized spacial score (nSPS) is 15.1. The first-order chi connectivity index (χ1) is 12.2. The molecule has 132 valence electrons. The second-order valence-corrected chi connectivity index (χ2v) is 7.22. The molecule has 0 spiro atoms. The zero-order valence-corrected chi connectivity index (χ0v) is 15.0. The first-order valence-electron chi connectivity index (χ1n) is 8.74. The molecule has 0 radical (unpaired) electrons. The molecule has 1 aliphatic rings. The second-order valence-electron chi connectivity index (χ2n) is 6.32. The predicted molar refractivity (Wildman–Crippen MR) is 99.4 cm³/mol. The van der Waals surface area contributed by atoms with Gasteiger partial charge < -0.3 is 10.2 Å². The number of aromatic nitrogens is 1. The van der Waals surface area contributed by atoms with Gasteiger partial charge >= 0.3 is 0 Å². The summed E-state index contributed by atoms with van der Waals surface area (Å²) < 4.78 is 0. The molecule has 0 bridgehead atoms. The number of hydrogen-bond donors (Lipinski definition) is 1. The molecule has 1 aliphatic heterocycles. The summed E-state index contributed by atoms with van der Waals surface area (Å²) in [5.74, 6) is 0.193. The highest BCUT2D eigenvalue weighted by Crippen LogP contribution is 2.21. The summed E-state index contributed by atoms with van der Waals surface area (Å²) in [4.78, 5) is 30.5. The Hall–Kier alpha value is -2.21. The van der Waals surface area contributed by atoms with E-state index in [9.17, 15) is 9.59 Å². The molecule has 1 saturated heterocycles. The smallest absolute Gasteiger partial charge is 0.229 e. The lowest BCUT2D eigenvalue weighted by molar-refractivity contribution is -0.134. The minimum atomic E-state index is -0.0303. The van der Waals surface area contributed by atoms with Gasteiger partial charge in [-0.25, -0.2) is 4.98 Å². The van der Waals surface area contributed by atoms with Crippen LogP contribution in [0.5, 0.6) is 0 Å². The van der Waals surface area contributed by atoms with E-state index in [1.54, 1.807) is 6.20 Å². The predicted octanol–water partition coefficient (Wildman–Crippen LogP) is 3.34. The lowest BCUT2D eigenvalue weighted by Crippen LogP contribution is -2.41. The number of nitrogens with zero attached hydrogens (tertiary/aromatic N) is 2. The molecule has 1 fully saturated rings. The summed E-state index contributed by atoms with van der Waals surface area (Å²) in [6.07, 6.45) is 5.50. The molecule has 2 aromatic rings. The van der Waals surface area contributed by atoms with Crippen LogP contribution in [0.15, 0.2) is 41.9 Å². The van der Waals surface area contributed by atoms with E-state index in [1.807, 2.05) is 28.5 Å². The number of anilines is 1. The standard InChI is InChI=1S/C19H23N3O2S/c23-17(8-4-7-15-5-2-1-3-6-15)22-12-9-16(10-13-22)18(24)21-19-20-11-14-25-19/h1-3,5-6,11,14,16H,4,7-10,12-13H2,(H,20,21,24). The van der Waals surface area contributed by atoms with Gasteiger partial charge in [0.2, 0.25) is 11.8 Å². The number of piperidine rings is 1. The summed E-state index contributed by atoms with van der Waals surface area (Å²) in [5.41, 5.74) is 1.27. The van der Waals surface area contributed by atoms with Gasteiger partial charge in [0.25, 0.3) is 0 Å². The Balaban J connectivity index is 1.38. The first-order valence-corrected chi connectivity index (χ1v) is 9.62. The zero-order chi connectivity index (χ0) is 17.5. The SMILES string of the molecule is O=C(Nc1nccs1)C1CCN(C(=O)CCCc2ccccc2)CC1. The average Bonchev–Trinajstić information content (AvgIpc) is 3.15. The summed E-state index contributed by atoms with van der Waals surface area (Å²) in [7, 11) is 0. The molecule has 0 unspecified atom stereocenters. The fourth-order valence-corrected chi connectivity index (χ4v) is 3.66. The lowest BCUT2D eigenvalue weighted by atomic mass is 9.95. The van der Waals surface area contributed by atoms with Crippen molar-refractivity contribution in [3.63, 3.8) is 0 Å². The Bertz CT molecular complexity index is 680. The Morgan fingerprint density at radius 2 is 1.96 bits per heavy atom. The van der Waals surface area contributed by atoms with Gasteiger partial charge in [-0.05, 0) is 31.2 Å². The monoisotopic (exact) mass is 357 g/mol. The van der Waals surface area contributed by atoms with Crippen LogP contribution < -0.4 is 5.32 Å². The Morgan fingerprint density at radius 3 is 2.64 bits per heavy atom. The number of amides is 2. The van der Waals surface area contributed by atoms with E-state index in [0.717, 1.165) is 25.7 Å². The maximum atomic E-state index is 12.3. The lowest BCUT2D eigenvalue weighted by Gasteiger charge is -2.31. The third-order valence-corrected chi connectivity index (χ3v) is 5.27. The van der Waals surface area contributed by atoms with Crippen LogP contribution in [-0.2, 0) is 16.0 Å². The minimum absolute atomic E-state index is 0.0196. The van der Waals surface area contributed by atoms with Gasteiger partial charge in [0.05, 0.1) is 0 Å². The number of benzene rings is 1. The first kappa shape index (κ1) is 17.6. The van der Waals surface area contributed by atoms with Gasteiger partial charge in [0, 0.05) is 37.0 Å². The van der Waals surface area contributed by atoms with Gasteiger partial charge in [-0.1, -0.05) is 30.3 Å². The Morgan fingerprint density at radius 1 is 1.20 bits per heavy atom. The van der Waals surface area contributed by atoms with E-state index < -0.39 is 0 Å². The maximum Gasteiger partial charge on any atom is 0.229 e. The molecule has 25 heavy (non-hydrogen) atoms. The molecule has 1 aromatic heterocycles. The molecule has 1 aromatic carbocycles. The fraction of sp³-hybridized carbons (Fsp3) is 0.421. The molecule has 0 atom stereocenters. The van der Waals surface area contributed by atoms with Crippen molar-refractivity contribution in [2.24, 2.45) is 5.92 Å². The highest BCUT2D eigenvalue weighted by atomic mass is 32.1. The third kappa shape index (κ3) is 5.13. The number of carbonyl (C=O) groups excluding carboxylic acids is 2. The molecular weight excluding hydrogens is 334 g/mol. The Labute approximate surface area is 152 Å². The largest absolute Gasteiger partial charge is 0.343 e. The van der Waals surface area contributed by atoms with E-state index in [1.165, 1.54) is 16.9 Å². The van der Waals surface area contributed by atoms with Crippen LogP contribution in [0.2, 0.25) is 0 Å². The number of hydrogen-bond acceptors (Lipinski definition) is 4. The van der Waals surface area contributed by atoms with Gasteiger partial charge in [-0.2, -0.15) is 0 Å².